The third-order valence-electron chi connectivity index (χ3n) is 5.47. The van der Waals surface area contributed by atoms with Crippen molar-refractivity contribution in [1.29, 1.82) is 0 Å². The van der Waals surface area contributed by atoms with Crippen molar-refractivity contribution in [2.24, 2.45) is 5.92 Å². The highest BCUT2D eigenvalue weighted by Crippen LogP contribution is 2.53. The molecule has 5 nitrogen and oxygen atoms in total. The molecule has 3 atom stereocenters. The van der Waals surface area contributed by atoms with E-state index in [1.54, 1.807) is 0 Å². The fourth-order valence-electron chi connectivity index (χ4n) is 4.23. The second kappa shape index (κ2) is 5.71. The molecule has 0 radical (unpaired) electrons. The van der Waals surface area contributed by atoms with E-state index in [1.165, 1.54) is 0 Å². The lowest BCUT2D eigenvalue weighted by molar-refractivity contribution is 0.0175. The van der Waals surface area contributed by atoms with Gasteiger partial charge < -0.3 is 9.72 Å². The number of hydrogen-bond acceptors (Lipinski definition) is 3. The molecule has 1 aromatic heterocycles. The van der Waals surface area contributed by atoms with Crippen molar-refractivity contribution in [1.82, 2.24) is 14.9 Å². The average Bonchev–Trinajstić information content (AvgIpc) is 3.03. The number of nitrogens with zero attached hydrogens (tertiary/aromatic N) is 2. The third-order valence-corrected chi connectivity index (χ3v) is 5.97. The molecule has 1 saturated carbocycles. The maximum Gasteiger partial charge on any atom is 0.411 e. The fourth-order valence-corrected chi connectivity index (χ4v) is 4.61. The molecule has 27 heavy (non-hydrogen) atoms. The number of imidazole rings is 1. The molecule has 2 aromatic carbocycles. The molecule has 1 N–H and O–H groups in total. The molecule has 140 valence electrons. The van der Waals surface area contributed by atoms with Gasteiger partial charge in [0.1, 0.15) is 11.4 Å². The van der Waals surface area contributed by atoms with Crippen LogP contribution in [0.3, 0.4) is 0 Å². The quantitative estimate of drug-likeness (QED) is 0.553. The molecule has 6 heteroatoms. The van der Waals surface area contributed by atoms with Crippen LogP contribution in [0.1, 0.15) is 45.5 Å². The summed E-state index contributed by atoms with van der Waals surface area (Å²) in [7, 11) is 0. The number of aromatic amines is 1. The monoisotopic (exact) mass is 427 g/mol. The zero-order valence-electron chi connectivity index (χ0n) is 15.6. The molecule has 3 aromatic rings. The number of piperidine rings is 1. The van der Waals surface area contributed by atoms with E-state index in [2.05, 4.69) is 45.2 Å². The molecule has 1 aliphatic heterocycles. The fraction of sp³-hybridized carbons (Fsp3) is 0.429. The Morgan fingerprint density at radius 3 is 2.85 bits per heavy atom. The Labute approximate surface area is 166 Å². The number of fused-ring (bicyclic) bond motifs is 4. The largest absolute Gasteiger partial charge is 0.444 e. The van der Waals surface area contributed by atoms with Crippen LogP contribution >= 0.6 is 15.9 Å². The Morgan fingerprint density at radius 2 is 2.07 bits per heavy atom. The highest BCUT2D eigenvalue weighted by atomic mass is 79.9. The van der Waals surface area contributed by atoms with Gasteiger partial charge in [-0.05, 0) is 63.1 Å². The van der Waals surface area contributed by atoms with Gasteiger partial charge >= 0.3 is 6.09 Å². The Bertz CT molecular complexity index is 1070. The van der Waals surface area contributed by atoms with E-state index in [0.717, 1.165) is 44.9 Å². The van der Waals surface area contributed by atoms with Crippen LogP contribution in [0.15, 0.2) is 34.8 Å². The Balaban J connectivity index is 1.54. The van der Waals surface area contributed by atoms with Gasteiger partial charge in [-0.2, -0.15) is 0 Å². The first-order chi connectivity index (χ1) is 12.8. The van der Waals surface area contributed by atoms with Crippen molar-refractivity contribution < 1.29 is 9.53 Å². The molecule has 1 aliphatic carbocycles. The highest BCUT2D eigenvalue weighted by molar-refractivity contribution is 9.10. The summed E-state index contributed by atoms with van der Waals surface area (Å²) in [6.07, 6.45) is 1.80. The van der Waals surface area contributed by atoms with E-state index < -0.39 is 5.60 Å². The first-order valence-corrected chi connectivity index (χ1v) is 10.2. The Kier molecular flexibility index (Phi) is 3.60. The highest BCUT2D eigenvalue weighted by Gasteiger charge is 2.56. The second-order valence-electron chi connectivity index (χ2n) is 8.65. The van der Waals surface area contributed by atoms with E-state index in [1.807, 2.05) is 31.7 Å². The molecule has 1 saturated heterocycles. The summed E-state index contributed by atoms with van der Waals surface area (Å²) in [5.74, 6) is 1.43. The zero-order chi connectivity index (χ0) is 18.9. The topological polar surface area (TPSA) is 58.2 Å². The summed E-state index contributed by atoms with van der Waals surface area (Å²) in [6.45, 7) is 5.73. The van der Waals surface area contributed by atoms with Crippen LogP contribution in [0.2, 0.25) is 0 Å². The van der Waals surface area contributed by atoms with Gasteiger partial charge in [0.05, 0.1) is 17.1 Å². The maximum atomic E-state index is 12.8. The first-order valence-electron chi connectivity index (χ1n) is 9.39. The van der Waals surface area contributed by atoms with Crippen LogP contribution < -0.4 is 0 Å². The zero-order valence-corrected chi connectivity index (χ0v) is 17.2. The van der Waals surface area contributed by atoms with Gasteiger partial charge in [-0.3, -0.25) is 4.90 Å². The second-order valence-corrected chi connectivity index (χ2v) is 9.57. The minimum atomic E-state index is -0.494. The smallest absolute Gasteiger partial charge is 0.411 e. The summed E-state index contributed by atoms with van der Waals surface area (Å²) in [5, 5.41) is 2.26. The maximum absolute atomic E-state index is 12.8. The molecular formula is C21H22BrN3O2. The van der Waals surface area contributed by atoms with E-state index in [9.17, 15) is 4.79 Å². The molecule has 1 unspecified atom stereocenters. The number of likely N-dealkylation sites (tertiary alicyclic amines) is 1. The van der Waals surface area contributed by atoms with E-state index in [0.29, 0.717) is 12.0 Å². The van der Waals surface area contributed by atoms with Crippen LogP contribution in [0.25, 0.3) is 21.8 Å². The molecule has 0 spiro atoms. The van der Waals surface area contributed by atoms with Crippen LogP contribution in [-0.4, -0.2) is 32.6 Å². The number of carbonyl (C=O) groups is 1. The van der Waals surface area contributed by atoms with Gasteiger partial charge in [-0.15, -0.1) is 0 Å². The van der Waals surface area contributed by atoms with Gasteiger partial charge in [0.2, 0.25) is 0 Å². The number of carbonyl (C=O) groups excluding carboxylic acids is 1. The predicted molar refractivity (Wildman–Crippen MR) is 109 cm³/mol. The van der Waals surface area contributed by atoms with Crippen molar-refractivity contribution in [3.63, 3.8) is 0 Å². The van der Waals surface area contributed by atoms with Crippen molar-refractivity contribution in [2.45, 2.75) is 51.3 Å². The molecule has 0 bridgehead atoms. The minimum Gasteiger partial charge on any atom is -0.444 e. The van der Waals surface area contributed by atoms with E-state index >= 15 is 0 Å². The number of rotatable bonds is 1. The number of aromatic nitrogens is 2. The molecule has 2 fully saturated rings. The van der Waals surface area contributed by atoms with Crippen LogP contribution in [0, 0.1) is 5.92 Å². The van der Waals surface area contributed by atoms with Gasteiger partial charge in [-0.25, -0.2) is 9.78 Å². The number of amides is 1. The van der Waals surface area contributed by atoms with Crippen molar-refractivity contribution in [3.05, 3.63) is 40.6 Å². The van der Waals surface area contributed by atoms with Gasteiger partial charge in [0, 0.05) is 15.9 Å². The lowest BCUT2D eigenvalue weighted by Gasteiger charge is -2.29. The standard InChI is InChI=1S/C21H22BrN3O2/c1-21(2,3)27-20(26)25-16-9-12(16)10-17(25)19-23-15-7-4-11-8-13(22)5-6-14(11)18(15)24-19/h4-8,12,16-17H,9-10H2,1-3H3,(H,23,24)/t12-,16?,17+/m1/s1. The number of hydrogen-bond donors (Lipinski definition) is 1. The number of halogens is 1. The van der Waals surface area contributed by atoms with Gasteiger partial charge in [0.15, 0.2) is 0 Å². The van der Waals surface area contributed by atoms with Crippen molar-refractivity contribution in [3.8, 4) is 0 Å². The normalized spacial score (nSPS) is 24.4. The van der Waals surface area contributed by atoms with Crippen LogP contribution in [0.4, 0.5) is 4.79 Å². The van der Waals surface area contributed by atoms with Crippen LogP contribution in [0.5, 0.6) is 0 Å². The lowest BCUT2D eigenvalue weighted by Crippen LogP contribution is -2.38. The van der Waals surface area contributed by atoms with E-state index in [-0.39, 0.29) is 12.1 Å². The predicted octanol–water partition coefficient (Wildman–Crippen LogP) is 5.55. The average molecular weight is 428 g/mol. The number of nitrogens with one attached hydrogen (secondary N) is 1. The molecule has 1 amide bonds. The summed E-state index contributed by atoms with van der Waals surface area (Å²) in [5.41, 5.74) is 1.47. The molecular weight excluding hydrogens is 406 g/mol. The lowest BCUT2D eigenvalue weighted by atomic mass is 10.1. The van der Waals surface area contributed by atoms with Crippen molar-refractivity contribution >= 4 is 43.8 Å². The number of H-pyrrole nitrogens is 1. The van der Waals surface area contributed by atoms with Crippen molar-refractivity contribution in [2.75, 3.05) is 0 Å². The van der Waals surface area contributed by atoms with Gasteiger partial charge in [-0.1, -0.05) is 28.1 Å². The Hall–Kier alpha value is -2.08. The summed E-state index contributed by atoms with van der Waals surface area (Å²) in [4.78, 5) is 23.1. The Morgan fingerprint density at radius 1 is 1.26 bits per heavy atom. The molecule has 2 aliphatic rings. The summed E-state index contributed by atoms with van der Waals surface area (Å²) in [6, 6.07) is 10.6. The summed E-state index contributed by atoms with van der Waals surface area (Å²) < 4.78 is 6.72. The molecule has 2 heterocycles. The number of ether oxygens (including phenoxy) is 1. The SMILES string of the molecule is CC(C)(C)OC(=O)N1C2C[C@@H]2C[C@H]1c1nc2c(ccc3cc(Br)ccc32)[nH]1. The third kappa shape index (κ3) is 2.90. The minimum absolute atomic E-state index is 0.0403. The van der Waals surface area contributed by atoms with E-state index in [4.69, 9.17) is 9.72 Å². The van der Waals surface area contributed by atoms with Gasteiger partial charge in [0.25, 0.3) is 0 Å². The van der Waals surface area contributed by atoms with Crippen LogP contribution in [-0.2, 0) is 4.74 Å². The molecule has 5 rings (SSSR count). The first kappa shape index (κ1) is 17.0. The summed E-state index contributed by atoms with van der Waals surface area (Å²) >= 11 is 3.53. The number of benzene rings is 2.